The van der Waals surface area contributed by atoms with Gasteiger partial charge in [0.1, 0.15) is 0 Å². The van der Waals surface area contributed by atoms with Crippen molar-refractivity contribution in [1.29, 1.82) is 0 Å². The molecular weight excluding hydrogens is 341 g/mol. The van der Waals surface area contributed by atoms with Gasteiger partial charge in [-0.25, -0.2) is 13.1 Å². The summed E-state index contributed by atoms with van der Waals surface area (Å²) in [5.74, 6) is 0.0748. The summed E-state index contributed by atoms with van der Waals surface area (Å²) in [6.45, 7) is 0.318. The number of hydrogen-bond acceptors (Lipinski definition) is 2. The van der Waals surface area contributed by atoms with Crippen LogP contribution in [0.25, 0.3) is 0 Å². The zero-order chi connectivity index (χ0) is 16.0. The van der Waals surface area contributed by atoms with Crippen LogP contribution in [0.3, 0.4) is 0 Å². The lowest BCUT2D eigenvalue weighted by Gasteiger charge is -2.08. The molecule has 0 spiro atoms. The van der Waals surface area contributed by atoms with Crippen LogP contribution in [0.4, 0.5) is 0 Å². The van der Waals surface area contributed by atoms with Crippen molar-refractivity contribution in [2.75, 3.05) is 12.3 Å². The first-order valence-corrected chi connectivity index (χ1v) is 9.32. The molecule has 1 N–H and O–H groups in total. The van der Waals surface area contributed by atoms with Crippen LogP contribution in [-0.2, 0) is 22.9 Å². The fourth-order valence-electron chi connectivity index (χ4n) is 2.03. The molecule has 0 saturated carbocycles. The summed E-state index contributed by atoms with van der Waals surface area (Å²) < 4.78 is 26.5. The number of halogens is 2. The quantitative estimate of drug-likeness (QED) is 0.820. The predicted octanol–water partition coefficient (Wildman–Crippen LogP) is 3.70. The summed E-state index contributed by atoms with van der Waals surface area (Å²) in [7, 11) is -3.29. The first-order valence-electron chi connectivity index (χ1n) is 6.91. The second-order valence-electron chi connectivity index (χ2n) is 4.93. The van der Waals surface area contributed by atoms with E-state index in [4.69, 9.17) is 23.2 Å². The minimum atomic E-state index is -3.29. The van der Waals surface area contributed by atoms with Gasteiger partial charge in [-0.3, -0.25) is 0 Å². The molecule has 3 nitrogen and oxygen atoms in total. The van der Waals surface area contributed by atoms with Crippen molar-refractivity contribution in [2.45, 2.75) is 12.8 Å². The Balaban J connectivity index is 1.82. The van der Waals surface area contributed by atoms with Crippen LogP contribution in [0.1, 0.15) is 11.1 Å². The lowest BCUT2D eigenvalue weighted by Crippen LogP contribution is -2.29. The van der Waals surface area contributed by atoms with Crippen LogP contribution in [0.5, 0.6) is 0 Å². The SMILES string of the molecule is O=S(=O)(CCc1ccccc1)NCCc1ccc(Cl)cc1Cl. The highest BCUT2D eigenvalue weighted by Gasteiger charge is 2.10. The van der Waals surface area contributed by atoms with Crippen molar-refractivity contribution >= 4 is 33.2 Å². The molecule has 0 aliphatic heterocycles. The monoisotopic (exact) mass is 357 g/mol. The maximum atomic E-state index is 12.0. The van der Waals surface area contributed by atoms with Crippen LogP contribution in [-0.4, -0.2) is 20.7 Å². The number of benzene rings is 2. The zero-order valence-electron chi connectivity index (χ0n) is 11.9. The van der Waals surface area contributed by atoms with Crippen LogP contribution in [0, 0.1) is 0 Å². The Bertz CT molecular complexity index is 718. The fourth-order valence-corrected chi connectivity index (χ4v) is 3.60. The van der Waals surface area contributed by atoms with Crippen molar-refractivity contribution in [3.05, 3.63) is 69.7 Å². The van der Waals surface area contributed by atoms with Gasteiger partial charge in [-0.2, -0.15) is 0 Å². The number of aryl methyl sites for hydroxylation is 1. The lowest BCUT2D eigenvalue weighted by molar-refractivity contribution is 0.581. The van der Waals surface area contributed by atoms with Crippen molar-refractivity contribution in [2.24, 2.45) is 0 Å². The van der Waals surface area contributed by atoms with Gasteiger partial charge in [0.15, 0.2) is 0 Å². The molecule has 0 aliphatic rings. The van der Waals surface area contributed by atoms with Crippen molar-refractivity contribution in [3.63, 3.8) is 0 Å². The standard InChI is InChI=1S/C16H17Cl2NO2S/c17-15-7-6-14(16(18)12-15)8-10-19-22(20,21)11-9-13-4-2-1-3-5-13/h1-7,12,19H,8-11H2. The molecule has 0 amide bonds. The molecule has 0 radical (unpaired) electrons. The maximum absolute atomic E-state index is 12.0. The van der Waals surface area contributed by atoms with E-state index in [0.29, 0.717) is 29.4 Å². The van der Waals surface area contributed by atoms with E-state index in [9.17, 15) is 8.42 Å². The molecule has 0 atom stereocenters. The average molecular weight is 358 g/mol. The maximum Gasteiger partial charge on any atom is 0.211 e. The summed E-state index contributed by atoms with van der Waals surface area (Å²) in [6.07, 6.45) is 1.03. The van der Waals surface area contributed by atoms with E-state index in [1.165, 1.54) is 0 Å². The average Bonchev–Trinajstić information content (AvgIpc) is 2.49. The van der Waals surface area contributed by atoms with Crippen molar-refractivity contribution < 1.29 is 8.42 Å². The van der Waals surface area contributed by atoms with E-state index >= 15 is 0 Å². The molecule has 2 rings (SSSR count). The van der Waals surface area contributed by atoms with E-state index < -0.39 is 10.0 Å². The summed E-state index contributed by atoms with van der Waals surface area (Å²) in [6, 6.07) is 14.8. The van der Waals surface area contributed by atoms with E-state index in [0.717, 1.165) is 11.1 Å². The summed E-state index contributed by atoms with van der Waals surface area (Å²) in [5.41, 5.74) is 1.88. The van der Waals surface area contributed by atoms with Crippen LogP contribution in [0.2, 0.25) is 10.0 Å². The van der Waals surface area contributed by atoms with Gasteiger partial charge >= 0.3 is 0 Å². The number of hydrogen-bond donors (Lipinski definition) is 1. The Labute approximate surface area is 141 Å². The highest BCUT2D eigenvalue weighted by atomic mass is 35.5. The summed E-state index contributed by atoms with van der Waals surface area (Å²) in [5, 5.41) is 1.12. The van der Waals surface area contributed by atoms with Gasteiger partial charge in [0, 0.05) is 16.6 Å². The van der Waals surface area contributed by atoms with Crippen LogP contribution in [0.15, 0.2) is 48.5 Å². The van der Waals surface area contributed by atoms with E-state index in [2.05, 4.69) is 4.72 Å². The second-order valence-corrected chi connectivity index (χ2v) is 7.70. The van der Waals surface area contributed by atoms with Crippen LogP contribution < -0.4 is 4.72 Å². The van der Waals surface area contributed by atoms with Gasteiger partial charge in [0.2, 0.25) is 10.0 Å². The van der Waals surface area contributed by atoms with Crippen molar-refractivity contribution in [1.82, 2.24) is 4.72 Å². The van der Waals surface area contributed by atoms with E-state index in [-0.39, 0.29) is 5.75 Å². The lowest BCUT2D eigenvalue weighted by atomic mass is 10.1. The summed E-state index contributed by atoms with van der Waals surface area (Å²) in [4.78, 5) is 0. The third-order valence-electron chi connectivity index (χ3n) is 3.23. The Morgan fingerprint density at radius 2 is 1.68 bits per heavy atom. The number of rotatable bonds is 7. The van der Waals surface area contributed by atoms with E-state index in [1.807, 2.05) is 36.4 Å². The number of sulfonamides is 1. The van der Waals surface area contributed by atoms with Gasteiger partial charge in [-0.15, -0.1) is 0 Å². The Morgan fingerprint density at radius 1 is 0.955 bits per heavy atom. The Kier molecular flexibility index (Phi) is 6.26. The van der Waals surface area contributed by atoms with Gasteiger partial charge in [-0.1, -0.05) is 59.6 Å². The fraction of sp³-hybridized carbons (Fsp3) is 0.250. The van der Waals surface area contributed by atoms with E-state index in [1.54, 1.807) is 12.1 Å². The minimum absolute atomic E-state index is 0.0748. The first-order chi connectivity index (χ1) is 10.5. The molecule has 0 aliphatic carbocycles. The predicted molar refractivity (Wildman–Crippen MR) is 92.1 cm³/mol. The molecule has 2 aromatic carbocycles. The Hall–Kier alpha value is -1.07. The molecule has 0 saturated heterocycles. The van der Waals surface area contributed by atoms with Crippen LogP contribution >= 0.6 is 23.2 Å². The molecular formula is C16H17Cl2NO2S. The highest BCUT2D eigenvalue weighted by molar-refractivity contribution is 7.89. The minimum Gasteiger partial charge on any atom is -0.215 e. The zero-order valence-corrected chi connectivity index (χ0v) is 14.3. The first kappa shape index (κ1) is 17.3. The second kappa shape index (κ2) is 7.97. The third-order valence-corrected chi connectivity index (χ3v) is 5.21. The number of nitrogens with one attached hydrogen (secondary N) is 1. The molecule has 2 aromatic rings. The van der Waals surface area contributed by atoms with Gasteiger partial charge in [-0.05, 0) is 36.1 Å². The van der Waals surface area contributed by atoms with Gasteiger partial charge in [0.05, 0.1) is 5.75 Å². The molecule has 0 heterocycles. The van der Waals surface area contributed by atoms with Gasteiger partial charge in [0.25, 0.3) is 0 Å². The largest absolute Gasteiger partial charge is 0.215 e. The molecule has 22 heavy (non-hydrogen) atoms. The third kappa shape index (κ3) is 5.61. The Morgan fingerprint density at radius 3 is 2.36 bits per heavy atom. The topological polar surface area (TPSA) is 46.2 Å². The molecule has 6 heteroatoms. The normalized spacial score (nSPS) is 11.5. The highest BCUT2D eigenvalue weighted by Crippen LogP contribution is 2.21. The molecule has 0 fully saturated rings. The summed E-state index contributed by atoms with van der Waals surface area (Å²) >= 11 is 11.9. The molecule has 118 valence electrons. The smallest absolute Gasteiger partial charge is 0.211 e. The molecule has 0 unspecified atom stereocenters. The van der Waals surface area contributed by atoms with Gasteiger partial charge < -0.3 is 0 Å². The molecule has 0 aromatic heterocycles. The van der Waals surface area contributed by atoms with Crippen molar-refractivity contribution in [3.8, 4) is 0 Å². The molecule has 0 bridgehead atoms.